The number of nitrogens with zero attached hydrogens (tertiary/aromatic N) is 2. The second-order valence-corrected chi connectivity index (χ2v) is 8.64. The standard InChI is InChI=1S/C20H23N3O7S/c1-29-18-9-7-15(13-16(18)20(24)22-10-4-3-5-11-22)31(27,28)21-17-12-14(23(25)26)6-8-19(17)30-2/h6-9,12-13,21H,3-5,10-11H2,1-2H3. The fourth-order valence-corrected chi connectivity index (χ4v) is 4.47. The zero-order chi connectivity index (χ0) is 22.6. The Hall–Kier alpha value is -3.34. The summed E-state index contributed by atoms with van der Waals surface area (Å²) in [6, 6.07) is 7.55. The number of rotatable bonds is 7. The Labute approximate surface area is 180 Å². The first-order valence-electron chi connectivity index (χ1n) is 9.59. The number of ether oxygens (including phenoxy) is 2. The molecule has 0 aromatic heterocycles. The molecule has 2 aromatic carbocycles. The number of methoxy groups -OCH3 is 2. The molecule has 0 saturated carbocycles. The van der Waals surface area contributed by atoms with Crippen molar-refractivity contribution in [3.63, 3.8) is 0 Å². The van der Waals surface area contributed by atoms with E-state index < -0.39 is 14.9 Å². The van der Waals surface area contributed by atoms with Gasteiger partial charge in [0, 0.05) is 25.2 Å². The second-order valence-electron chi connectivity index (χ2n) is 6.96. The van der Waals surface area contributed by atoms with Crippen molar-refractivity contribution >= 4 is 27.3 Å². The molecule has 166 valence electrons. The third-order valence-corrected chi connectivity index (χ3v) is 6.36. The second kappa shape index (κ2) is 9.21. The van der Waals surface area contributed by atoms with E-state index in [0.717, 1.165) is 25.3 Å². The smallest absolute Gasteiger partial charge is 0.271 e. The molecule has 0 radical (unpaired) electrons. The van der Waals surface area contributed by atoms with Crippen LogP contribution in [0.25, 0.3) is 0 Å². The molecule has 1 aliphatic rings. The number of benzene rings is 2. The lowest BCUT2D eigenvalue weighted by molar-refractivity contribution is -0.384. The maximum Gasteiger partial charge on any atom is 0.271 e. The molecule has 11 heteroatoms. The largest absolute Gasteiger partial charge is 0.496 e. The normalized spacial score (nSPS) is 14.1. The van der Waals surface area contributed by atoms with Gasteiger partial charge in [0.05, 0.1) is 35.3 Å². The molecule has 0 atom stereocenters. The molecule has 1 fully saturated rings. The van der Waals surface area contributed by atoms with Crippen LogP contribution in [0.4, 0.5) is 11.4 Å². The zero-order valence-corrected chi connectivity index (χ0v) is 18.0. The Kier molecular flexibility index (Phi) is 6.64. The Morgan fingerprint density at radius 2 is 1.68 bits per heavy atom. The summed E-state index contributed by atoms with van der Waals surface area (Å²) in [6.07, 6.45) is 2.82. The van der Waals surface area contributed by atoms with Crippen LogP contribution in [-0.4, -0.2) is 51.5 Å². The lowest BCUT2D eigenvalue weighted by Gasteiger charge is -2.27. The number of piperidine rings is 1. The summed E-state index contributed by atoms with van der Waals surface area (Å²) in [7, 11) is -1.45. The molecule has 10 nitrogen and oxygen atoms in total. The SMILES string of the molecule is COc1ccc([N+](=O)[O-])cc1NS(=O)(=O)c1ccc(OC)c(C(=O)N2CCCCC2)c1. The van der Waals surface area contributed by atoms with Crippen molar-refractivity contribution < 1.29 is 27.6 Å². The first-order valence-corrected chi connectivity index (χ1v) is 11.1. The van der Waals surface area contributed by atoms with Gasteiger partial charge in [-0.2, -0.15) is 0 Å². The van der Waals surface area contributed by atoms with Gasteiger partial charge in [0.2, 0.25) is 0 Å². The molecule has 0 spiro atoms. The highest BCUT2D eigenvalue weighted by atomic mass is 32.2. The van der Waals surface area contributed by atoms with Crippen molar-refractivity contribution in [3.05, 3.63) is 52.1 Å². The highest BCUT2D eigenvalue weighted by Gasteiger charge is 2.25. The van der Waals surface area contributed by atoms with Gasteiger partial charge in [0.15, 0.2) is 0 Å². The van der Waals surface area contributed by atoms with Gasteiger partial charge in [-0.25, -0.2) is 8.42 Å². The fraction of sp³-hybridized carbons (Fsp3) is 0.350. The Bertz CT molecular complexity index is 1100. The predicted octanol–water partition coefficient (Wildman–Crippen LogP) is 3.04. The average Bonchev–Trinajstić information content (AvgIpc) is 2.78. The van der Waals surface area contributed by atoms with Crippen LogP contribution in [0, 0.1) is 10.1 Å². The Morgan fingerprint density at radius 3 is 2.29 bits per heavy atom. The number of sulfonamides is 1. The number of non-ortho nitro benzene ring substituents is 1. The minimum absolute atomic E-state index is 0.0866. The third kappa shape index (κ3) is 4.88. The molecule has 1 N–H and O–H groups in total. The number of carbonyl (C=O) groups is 1. The van der Waals surface area contributed by atoms with E-state index in [1.165, 1.54) is 44.6 Å². The number of hydrogen-bond donors (Lipinski definition) is 1. The first-order chi connectivity index (χ1) is 14.8. The quantitative estimate of drug-likeness (QED) is 0.508. The third-order valence-electron chi connectivity index (χ3n) is 4.99. The van der Waals surface area contributed by atoms with Gasteiger partial charge < -0.3 is 14.4 Å². The summed E-state index contributed by atoms with van der Waals surface area (Å²) < 4.78 is 38.7. The molecular weight excluding hydrogens is 426 g/mol. The van der Waals surface area contributed by atoms with Crippen LogP contribution in [0.2, 0.25) is 0 Å². The molecular formula is C20H23N3O7S. The Morgan fingerprint density at radius 1 is 1.03 bits per heavy atom. The summed E-state index contributed by atoms with van der Waals surface area (Å²) in [5.74, 6) is 0.0799. The van der Waals surface area contributed by atoms with Crippen LogP contribution in [-0.2, 0) is 10.0 Å². The monoisotopic (exact) mass is 449 g/mol. The topological polar surface area (TPSA) is 128 Å². The average molecular weight is 449 g/mol. The lowest BCUT2D eigenvalue weighted by atomic mass is 10.1. The number of likely N-dealkylation sites (tertiary alicyclic amines) is 1. The van der Waals surface area contributed by atoms with E-state index in [-0.39, 0.29) is 39.2 Å². The van der Waals surface area contributed by atoms with Crippen molar-refractivity contribution in [3.8, 4) is 11.5 Å². The van der Waals surface area contributed by atoms with E-state index in [9.17, 15) is 23.3 Å². The van der Waals surface area contributed by atoms with Gasteiger partial charge in [-0.3, -0.25) is 19.6 Å². The maximum absolute atomic E-state index is 13.0. The predicted molar refractivity (Wildman–Crippen MR) is 113 cm³/mol. The van der Waals surface area contributed by atoms with Gasteiger partial charge in [-0.1, -0.05) is 0 Å². The van der Waals surface area contributed by atoms with Crippen molar-refractivity contribution in [2.75, 3.05) is 32.0 Å². The number of nitro benzene ring substituents is 1. The number of hydrogen-bond acceptors (Lipinski definition) is 7. The fourth-order valence-electron chi connectivity index (χ4n) is 3.38. The van der Waals surface area contributed by atoms with Gasteiger partial charge >= 0.3 is 0 Å². The highest BCUT2D eigenvalue weighted by Crippen LogP contribution is 2.32. The van der Waals surface area contributed by atoms with Crippen LogP contribution in [0.1, 0.15) is 29.6 Å². The Balaban J connectivity index is 1.97. The van der Waals surface area contributed by atoms with Gasteiger partial charge in [0.1, 0.15) is 11.5 Å². The molecule has 1 saturated heterocycles. The first kappa shape index (κ1) is 22.3. The summed E-state index contributed by atoms with van der Waals surface area (Å²) in [6.45, 7) is 1.20. The number of carbonyl (C=O) groups excluding carboxylic acids is 1. The number of nitrogens with one attached hydrogen (secondary N) is 1. The summed E-state index contributed by atoms with van der Waals surface area (Å²) in [5.41, 5.74) is -0.246. The number of anilines is 1. The number of nitro groups is 1. The van der Waals surface area contributed by atoms with Crippen molar-refractivity contribution in [1.29, 1.82) is 0 Å². The molecule has 0 bridgehead atoms. The van der Waals surface area contributed by atoms with Gasteiger partial charge in [-0.05, 0) is 43.5 Å². The van der Waals surface area contributed by atoms with Gasteiger partial charge in [-0.15, -0.1) is 0 Å². The van der Waals surface area contributed by atoms with Crippen LogP contribution in [0.15, 0.2) is 41.3 Å². The van der Waals surface area contributed by atoms with Crippen molar-refractivity contribution in [2.45, 2.75) is 24.2 Å². The number of amides is 1. The summed E-state index contributed by atoms with van der Waals surface area (Å²) in [4.78, 5) is 24.9. The van der Waals surface area contributed by atoms with E-state index in [0.29, 0.717) is 13.1 Å². The van der Waals surface area contributed by atoms with Crippen LogP contribution in [0.3, 0.4) is 0 Å². The van der Waals surface area contributed by atoms with E-state index in [2.05, 4.69) is 4.72 Å². The molecule has 1 heterocycles. The van der Waals surface area contributed by atoms with Crippen LogP contribution in [0.5, 0.6) is 11.5 Å². The maximum atomic E-state index is 13.0. The van der Waals surface area contributed by atoms with Crippen LogP contribution < -0.4 is 14.2 Å². The van der Waals surface area contributed by atoms with E-state index in [1.54, 1.807) is 4.90 Å². The summed E-state index contributed by atoms with van der Waals surface area (Å²) >= 11 is 0. The molecule has 1 aliphatic heterocycles. The zero-order valence-electron chi connectivity index (χ0n) is 17.2. The van der Waals surface area contributed by atoms with Gasteiger partial charge in [0.25, 0.3) is 21.6 Å². The van der Waals surface area contributed by atoms with E-state index >= 15 is 0 Å². The minimum atomic E-state index is -4.18. The molecule has 3 rings (SSSR count). The highest BCUT2D eigenvalue weighted by molar-refractivity contribution is 7.92. The molecule has 1 amide bonds. The summed E-state index contributed by atoms with van der Waals surface area (Å²) in [5, 5.41) is 11.1. The van der Waals surface area contributed by atoms with Crippen molar-refractivity contribution in [1.82, 2.24) is 4.90 Å². The molecule has 0 unspecified atom stereocenters. The van der Waals surface area contributed by atoms with Crippen molar-refractivity contribution in [2.24, 2.45) is 0 Å². The van der Waals surface area contributed by atoms with E-state index in [1.807, 2.05) is 0 Å². The van der Waals surface area contributed by atoms with E-state index in [4.69, 9.17) is 9.47 Å². The minimum Gasteiger partial charge on any atom is -0.496 e. The molecule has 2 aromatic rings. The molecule has 31 heavy (non-hydrogen) atoms. The van der Waals surface area contributed by atoms with Crippen LogP contribution >= 0.6 is 0 Å². The lowest BCUT2D eigenvalue weighted by Crippen LogP contribution is -2.35. The molecule has 0 aliphatic carbocycles.